The molecule has 0 aromatic heterocycles. The van der Waals surface area contributed by atoms with Crippen LogP contribution in [-0.2, 0) is 33.4 Å². The van der Waals surface area contributed by atoms with E-state index < -0.39 is 30.0 Å². The Bertz CT molecular complexity index is 374. The van der Waals surface area contributed by atoms with Gasteiger partial charge in [0, 0.05) is 27.2 Å². The highest BCUT2D eigenvalue weighted by Gasteiger charge is 2.15. The molecule has 0 saturated carbocycles. The van der Waals surface area contributed by atoms with Gasteiger partial charge in [0.1, 0.15) is 13.2 Å². The molecule has 1 N–H and O–H groups in total. The van der Waals surface area contributed by atoms with E-state index in [1.807, 2.05) is 0 Å². The number of hydrogen-bond acceptors (Lipinski definition) is 7. The third-order valence-corrected chi connectivity index (χ3v) is 2.52. The van der Waals surface area contributed by atoms with E-state index in [4.69, 9.17) is 9.84 Å². The van der Waals surface area contributed by atoms with Crippen LogP contribution in [-0.4, -0.2) is 48.3 Å². The van der Waals surface area contributed by atoms with Crippen molar-refractivity contribution in [3.8, 4) is 0 Å². The molecule has 0 aliphatic heterocycles. The van der Waals surface area contributed by atoms with E-state index in [-0.39, 0.29) is 13.2 Å². The summed E-state index contributed by atoms with van der Waals surface area (Å²) in [6.07, 6.45) is 3.80. The Morgan fingerprint density at radius 2 is 1.33 bits per heavy atom. The third-order valence-electron chi connectivity index (χ3n) is 2.52. The molecule has 0 bridgehead atoms. The van der Waals surface area contributed by atoms with Crippen molar-refractivity contribution in [1.82, 2.24) is 0 Å². The highest BCUT2D eigenvalue weighted by molar-refractivity contribution is 5.67. The van der Waals surface area contributed by atoms with E-state index in [1.54, 1.807) is 0 Å². The fourth-order valence-electron chi connectivity index (χ4n) is 1.47. The number of rotatable bonds is 10. The van der Waals surface area contributed by atoms with Gasteiger partial charge < -0.3 is 19.3 Å². The minimum absolute atomic E-state index is 0.123. The normalized spacial score (nSPS) is 9.54. The van der Waals surface area contributed by atoms with Crippen LogP contribution in [0, 0.1) is 0 Å². The molecule has 0 amide bonds. The van der Waals surface area contributed by atoms with Gasteiger partial charge in [0.15, 0.2) is 6.10 Å². The summed E-state index contributed by atoms with van der Waals surface area (Å²) in [7, 11) is 0. The lowest BCUT2D eigenvalue weighted by atomic mass is 10.2. The van der Waals surface area contributed by atoms with Gasteiger partial charge in [0.05, 0.1) is 0 Å². The van der Waals surface area contributed by atoms with Gasteiger partial charge in [-0.2, -0.15) is 0 Å². The van der Waals surface area contributed by atoms with Crippen molar-refractivity contribution in [1.29, 1.82) is 0 Å². The molecule has 0 saturated heterocycles. The van der Waals surface area contributed by atoms with Gasteiger partial charge in [-0.05, 0) is 6.42 Å². The molecule has 140 valence electrons. The number of carbonyl (C=O) groups is 4. The zero-order valence-electron chi connectivity index (χ0n) is 14.8. The van der Waals surface area contributed by atoms with Crippen LogP contribution in [0.3, 0.4) is 0 Å². The summed E-state index contributed by atoms with van der Waals surface area (Å²) < 4.78 is 14.0. The largest absolute Gasteiger partial charge is 0.481 e. The summed E-state index contributed by atoms with van der Waals surface area (Å²) in [5, 5.41) is 8.21. The second kappa shape index (κ2) is 15.8. The molecule has 0 aromatic rings. The standard InChI is InChI=1S/C9H14O6.C7H14O2/c1-6(10)13-4-9(15-8(3)12)5-14-7(2)11;1-2-3-4-5-6-7(8)9/h9H,4-5H2,1-3H3;2-6H2,1H3,(H,8,9). The van der Waals surface area contributed by atoms with Crippen LogP contribution in [0.4, 0.5) is 0 Å². The first kappa shape index (κ1) is 24.1. The van der Waals surface area contributed by atoms with Crippen LogP contribution >= 0.6 is 0 Å². The number of esters is 3. The molecule has 0 rings (SSSR count). The summed E-state index contributed by atoms with van der Waals surface area (Å²) in [5.74, 6) is -2.18. The molecular weight excluding hydrogens is 320 g/mol. The maximum atomic E-state index is 10.6. The Kier molecular flexibility index (Phi) is 15.9. The Morgan fingerprint density at radius 3 is 1.67 bits per heavy atom. The lowest BCUT2D eigenvalue weighted by molar-refractivity contribution is -0.163. The van der Waals surface area contributed by atoms with E-state index in [0.29, 0.717) is 6.42 Å². The van der Waals surface area contributed by atoms with Gasteiger partial charge in [-0.15, -0.1) is 0 Å². The monoisotopic (exact) mass is 348 g/mol. The minimum Gasteiger partial charge on any atom is -0.481 e. The number of ether oxygens (including phenoxy) is 3. The predicted octanol–water partition coefficient (Wildman–Crippen LogP) is 2.09. The highest BCUT2D eigenvalue weighted by Crippen LogP contribution is 2.01. The van der Waals surface area contributed by atoms with Crippen LogP contribution in [0.25, 0.3) is 0 Å². The molecule has 0 aliphatic rings. The Hall–Kier alpha value is -2.12. The zero-order valence-corrected chi connectivity index (χ0v) is 14.8. The number of unbranched alkanes of at least 4 members (excludes halogenated alkanes) is 3. The fourth-order valence-corrected chi connectivity index (χ4v) is 1.47. The first-order valence-electron chi connectivity index (χ1n) is 7.84. The fraction of sp³-hybridized carbons (Fsp3) is 0.750. The predicted molar refractivity (Wildman–Crippen MR) is 85.2 cm³/mol. The summed E-state index contributed by atoms with van der Waals surface area (Å²) in [6, 6.07) is 0. The molecule has 0 atom stereocenters. The zero-order chi connectivity index (χ0) is 19.0. The molecule has 0 aromatic carbocycles. The van der Waals surface area contributed by atoms with Crippen LogP contribution in [0.5, 0.6) is 0 Å². The molecular formula is C16H28O8. The van der Waals surface area contributed by atoms with Crippen molar-refractivity contribution >= 4 is 23.9 Å². The molecule has 8 nitrogen and oxygen atoms in total. The molecule has 0 fully saturated rings. The second-order valence-electron chi connectivity index (χ2n) is 5.04. The van der Waals surface area contributed by atoms with Crippen LogP contribution in [0.2, 0.25) is 0 Å². The minimum atomic E-state index is -0.754. The van der Waals surface area contributed by atoms with Crippen molar-refractivity contribution in [2.24, 2.45) is 0 Å². The van der Waals surface area contributed by atoms with Crippen molar-refractivity contribution in [2.75, 3.05) is 13.2 Å². The van der Waals surface area contributed by atoms with Crippen LogP contribution in [0.1, 0.15) is 59.8 Å². The van der Waals surface area contributed by atoms with Crippen molar-refractivity contribution < 1.29 is 38.5 Å². The molecule has 8 heteroatoms. The maximum Gasteiger partial charge on any atom is 0.303 e. The summed E-state index contributed by atoms with van der Waals surface area (Å²) in [5.41, 5.74) is 0. The van der Waals surface area contributed by atoms with E-state index in [1.165, 1.54) is 27.2 Å². The lowest BCUT2D eigenvalue weighted by Crippen LogP contribution is -2.29. The lowest BCUT2D eigenvalue weighted by Gasteiger charge is -2.15. The van der Waals surface area contributed by atoms with Crippen molar-refractivity contribution in [2.45, 2.75) is 65.9 Å². The van der Waals surface area contributed by atoms with E-state index in [9.17, 15) is 19.2 Å². The molecule has 0 heterocycles. The number of carbonyl (C=O) groups excluding carboxylic acids is 3. The van der Waals surface area contributed by atoms with Crippen molar-refractivity contribution in [3.05, 3.63) is 0 Å². The second-order valence-corrected chi connectivity index (χ2v) is 5.04. The van der Waals surface area contributed by atoms with Gasteiger partial charge in [-0.1, -0.05) is 26.2 Å². The van der Waals surface area contributed by atoms with E-state index >= 15 is 0 Å². The van der Waals surface area contributed by atoms with Gasteiger partial charge in [0.2, 0.25) is 0 Å². The number of carboxylic acids is 1. The summed E-state index contributed by atoms with van der Waals surface area (Å²) >= 11 is 0. The Balaban J connectivity index is 0. The summed E-state index contributed by atoms with van der Waals surface area (Å²) in [4.78, 5) is 41.6. The first-order valence-corrected chi connectivity index (χ1v) is 7.84. The van der Waals surface area contributed by atoms with Crippen molar-refractivity contribution in [3.63, 3.8) is 0 Å². The van der Waals surface area contributed by atoms with Gasteiger partial charge in [-0.25, -0.2) is 0 Å². The average Bonchev–Trinajstić information content (AvgIpc) is 2.46. The maximum absolute atomic E-state index is 10.6. The third kappa shape index (κ3) is 22.2. The van der Waals surface area contributed by atoms with E-state index in [0.717, 1.165) is 19.3 Å². The molecule has 24 heavy (non-hydrogen) atoms. The Morgan fingerprint density at radius 1 is 0.833 bits per heavy atom. The number of carboxylic acid groups (broad SMARTS) is 1. The topological polar surface area (TPSA) is 116 Å². The summed E-state index contributed by atoms with van der Waals surface area (Å²) in [6.45, 7) is 5.55. The highest BCUT2D eigenvalue weighted by atomic mass is 16.6. The van der Waals surface area contributed by atoms with Crippen LogP contribution in [0.15, 0.2) is 0 Å². The molecule has 0 spiro atoms. The van der Waals surface area contributed by atoms with Gasteiger partial charge >= 0.3 is 23.9 Å². The smallest absolute Gasteiger partial charge is 0.303 e. The van der Waals surface area contributed by atoms with E-state index in [2.05, 4.69) is 16.4 Å². The molecule has 0 aliphatic carbocycles. The molecule has 0 unspecified atom stereocenters. The van der Waals surface area contributed by atoms with Gasteiger partial charge in [0.25, 0.3) is 0 Å². The number of hydrogen-bond donors (Lipinski definition) is 1. The average molecular weight is 348 g/mol. The first-order chi connectivity index (χ1) is 11.2. The quantitative estimate of drug-likeness (QED) is 0.362. The van der Waals surface area contributed by atoms with Gasteiger partial charge in [-0.3, -0.25) is 19.2 Å². The van der Waals surface area contributed by atoms with Crippen LogP contribution < -0.4 is 0 Å². The Labute approximate surface area is 142 Å². The number of aliphatic carboxylic acids is 1. The SMILES string of the molecule is CC(=O)OCC(COC(C)=O)OC(C)=O.CCCCCCC(=O)O. The molecule has 0 radical (unpaired) electrons.